The third-order valence-corrected chi connectivity index (χ3v) is 5.98. The second-order valence-corrected chi connectivity index (χ2v) is 7.60. The van der Waals surface area contributed by atoms with E-state index in [4.69, 9.17) is 0 Å². The Morgan fingerprint density at radius 3 is 2.87 bits per heavy atom. The van der Waals surface area contributed by atoms with E-state index in [2.05, 4.69) is 22.5 Å². The minimum Gasteiger partial charge on any atom is -0.335 e. The van der Waals surface area contributed by atoms with E-state index in [9.17, 15) is 9.59 Å². The van der Waals surface area contributed by atoms with Crippen LogP contribution in [0.25, 0.3) is 0 Å². The van der Waals surface area contributed by atoms with Crippen LogP contribution in [0.15, 0.2) is 29.4 Å². The van der Waals surface area contributed by atoms with E-state index in [1.807, 2.05) is 18.2 Å². The van der Waals surface area contributed by atoms with Crippen molar-refractivity contribution in [2.45, 2.75) is 43.7 Å². The van der Waals surface area contributed by atoms with Crippen molar-refractivity contribution < 1.29 is 9.59 Å². The molecule has 124 valence electrons. The Bertz CT molecular complexity index is 566. The lowest BCUT2D eigenvalue weighted by Crippen LogP contribution is -2.47. The molecule has 2 saturated carbocycles. The summed E-state index contributed by atoms with van der Waals surface area (Å²) < 4.78 is 0. The van der Waals surface area contributed by atoms with Crippen LogP contribution in [-0.2, 0) is 4.79 Å². The van der Waals surface area contributed by atoms with Gasteiger partial charge in [0.15, 0.2) is 0 Å². The van der Waals surface area contributed by atoms with E-state index in [1.54, 1.807) is 6.20 Å². The van der Waals surface area contributed by atoms with Gasteiger partial charge in [-0.2, -0.15) is 0 Å². The number of imide groups is 1. The third-order valence-electron chi connectivity index (χ3n) is 5.04. The first-order valence-corrected chi connectivity index (χ1v) is 9.24. The van der Waals surface area contributed by atoms with Gasteiger partial charge in [-0.15, -0.1) is 0 Å². The molecule has 0 aliphatic heterocycles. The average molecular weight is 333 g/mol. The number of hydrogen-bond acceptors (Lipinski definition) is 4. The average Bonchev–Trinajstić information content (AvgIpc) is 3.17. The molecule has 1 heterocycles. The highest BCUT2D eigenvalue weighted by molar-refractivity contribution is 7.99. The van der Waals surface area contributed by atoms with Crippen LogP contribution < -0.4 is 10.6 Å². The maximum absolute atomic E-state index is 12.0. The van der Waals surface area contributed by atoms with Crippen LogP contribution in [0.4, 0.5) is 4.79 Å². The fourth-order valence-electron chi connectivity index (χ4n) is 3.99. The molecule has 0 unspecified atom stereocenters. The molecule has 4 atom stereocenters. The Hall–Kier alpha value is -1.56. The lowest BCUT2D eigenvalue weighted by atomic mass is 9.84. The van der Waals surface area contributed by atoms with Gasteiger partial charge in [0.1, 0.15) is 0 Å². The number of thioether (sulfide) groups is 1. The number of carbonyl (C=O) groups is 2. The molecular weight excluding hydrogens is 310 g/mol. The molecule has 3 rings (SSSR count). The maximum Gasteiger partial charge on any atom is 0.321 e. The monoisotopic (exact) mass is 333 g/mol. The molecule has 6 heteroatoms. The minimum absolute atomic E-state index is 0.126. The van der Waals surface area contributed by atoms with Crippen LogP contribution in [-0.4, -0.2) is 28.7 Å². The topological polar surface area (TPSA) is 71.1 Å². The number of nitrogens with zero attached hydrogens (tertiary/aromatic N) is 1. The van der Waals surface area contributed by atoms with Crippen molar-refractivity contribution in [1.82, 2.24) is 15.6 Å². The smallest absolute Gasteiger partial charge is 0.321 e. The Morgan fingerprint density at radius 2 is 2.22 bits per heavy atom. The van der Waals surface area contributed by atoms with E-state index in [0.717, 1.165) is 16.9 Å². The number of nitrogens with one attached hydrogen (secondary N) is 2. The molecule has 0 aromatic carbocycles. The number of urea groups is 1. The number of hydrogen-bond donors (Lipinski definition) is 2. The summed E-state index contributed by atoms with van der Waals surface area (Å²) in [5, 5.41) is 6.13. The highest BCUT2D eigenvalue weighted by atomic mass is 32.2. The predicted octanol–water partition coefficient (Wildman–Crippen LogP) is 2.82. The van der Waals surface area contributed by atoms with Crippen molar-refractivity contribution in [2.75, 3.05) is 5.75 Å². The minimum atomic E-state index is -0.383. The predicted molar refractivity (Wildman–Crippen MR) is 90.0 cm³/mol. The SMILES string of the molecule is C[C@@H](NC(=O)NC(=O)CSc1ccccn1)[C@@H]1C[C@H]2CC[C@H]1C2. The Labute approximate surface area is 141 Å². The summed E-state index contributed by atoms with van der Waals surface area (Å²) in [6, 6.07) is 5.29. The lowest BCUT2D eigenvalue weighted by Gasteiger charge is -2.28. The van der Waals surface area contributed by atoms with Gasteiger partial charge < -0.3 is 5.32 Å². The summed E-state index contributed by atoms with van der Waals surface area (Å²) in [5.41, 5.74) is 0. The van der Waals surface area contributed by atoms with Crippen LogP contribution in [0.1, 0.15) is 32.6 Å². The van der Waals surface area contributed by atoms with Gasteiger partial charge in [-0.1, -0.05) is 24.2 Å². The van der Waals surface area contributed by atoms with Gasteiger partial charge in [-0.05, 0) is 56.1 Å². The van der Waals surface area contributed by atoms with E-state index in [0.29, 0.717) is 5.92 Å². The largest absolute Gasteiger partial charge is 0.335 e. The highest BCUT2D eigenvalue weighted by Gasteiger charge is 2.42. The van der Waals surface area contributed by atoms with Crippen LogP contribution in [0.3, 0.4) is 0 Å². The first kappa shape index (κ1) is 16.3. The molecule has 1 aromatic rings. The molecular formula is C17H23N3O2S. The zero-order valence-corrected chi connectivity index (χ0v) is 14.1. The first-order chi connectivity index (χ1) is 11.1. The molecule has 0 spiro atoms. The molecule has 2 N–H and O–H groups in total. The van der Waals surface area contributed by atoms with Crippen molar-refractivity contribution in [3.63, 3.8) is 0 Å². The van der Waals surface area contributed by atoms with E-state index < -0.39 is 0 Å². The van der Waals surface area contributed by atoms with E-state index in [1.165, 1.54) is 37.4 Å². The van der Waals surface area contributed by atoms with E-state index in [-0.39, 0.29) is 23.7 Å². The fraction of sp³-hybridized carbons (Fsp3) is 0.588. The molecule has 23 heavy (non-hydrogen) atoms. The Kier molecular flexibility index (Phi) is 5.20. The van der Waals surface area contributed by atoms with E-state index >= 15 is 0 Å². The quantitative estimate of drug-likeness (QED) is 0.813. The van der Waals surface area contributed by atoms with Crippen LogP contribution in [0.2, 0.25) is 0 Å². The number of aromatic nitrogens is 1. The Morgan fingerprint density at radius 1 is 1.35 bits per heavy atom. The molecule has 2 bridgehead atoms. The molecule has 2 aliphatic rings. The molecule has 2 aliphatic carbocycles. The van der Waals surface area contributed by atoms with Gasteiger partial charge in [0.2, 0.25) is 5.91 Å². The van der Waals surface area contributed by atoms with Crippen LogP contribution in [0.5, 0.6) is 0 Å². The van der Waals surface area contributed by atoms with Gasteiger partial charge in [0, 0.05) is 12.2 Å². The van der Waals surface area contributed by atoms with Gasteiger partial charge in [0.25, 0.3) is 0 Å². The van der Waals surface area contributed by atoms with Crippen molar-refractivity contribution in [3.8, 4) is 0 Å². The lowest BCUT2D eigenvalue weighted by molar-refractivity contribution is -0.117. The summed E-state index contributed by atoms with van der Waals surface area (Å²) in [7, 11) is 0. The fourth-order valence-corrected chi connectivity index (χ4v) is 4.65. The van der Waals surface area contributed by atoms with Crippen molar-refractivity contribution >= 4 is 23.7 Å². The van der Waals surface area contributed by atoms with Gasteiger partial charge >= 0.3 is 6.03 Å². The van der Waals surface area contributed by atoms with Crippen LogP contribution >= 0.6 is 11.8 Å². The summed E-state index contributed by atoms with van der Waals surface area (Å²) in [6.07, 6.45) is 6.86. The Balaban J connectivity index is 1.39. The number of pyridine rings is 1. The molecule has 1 aromatic heterocycles. The summed E-state index contributed by atoms with van der Waals surface area (Å²) in [5.74, 6) is 2.07. The molecule has 3 amide bonds. The molecule has 2 fully saturated rings. The standard InChI is InChI=1S/C17H23N3O2S/c1-11(14-9-12-5-6-13(14)8-12)19-17(22)20-15(21)10-23-16-4-2-3-7-18-16/h2-4,7,11-14H,5-6,8-10H2,1H3,(H2,19,20,21,22)/t11-,12+,13+,14+/m1/s1. The third kappa shape index (κ3) is 4.25. The number of fused-ring (bicyclic) bond motifs is 2. The van der Waals surface area contributed by atoms with Gasteiger partial charge in [0.05, 0.1) is 10.8 Å². The molecule has 5 nitrogen and oxygen atoms in total. The summed E-state index contributed by atoms with van der Waals surface area (Å²) >= 11 is 1.32. The number of amides is 3. The maximum atomic E-state index is 12.0. The zero-order chi connectivity index (χ0) is 16.2. The summed E-state index contributed by atoms with van der Waals surface area (Å²) in [4.78, 5) is 27.9. The van der Waals surface area contributed by atoms with Crippen molar-refractivity contribution in [2.24, 2.45) is 17.8 Å². The zero-order valence-electron chi connectivity index (χ0n) is 13.3. The second kappa shape index (κ2) is 7.34. The highest BCUT2D eigenvalue weighted by Crippen LogP contribution is 2.49. The second-order valence-electron chi connectivity index (χ2n) is 6.61. The first-order valence-electron chi connectivity index (χ1n) is 8.26. The van der Waals surface area contributed by atoms with Crippen molar-refractivity contribution in [1.29, 1.82) is 0 Å². The number of carbonyl (C=O) groups excluding carboxylic acids is 2. The normalized spacial score (nSPS) is 26.7. The number of rotatable bonds is 5. The van der Waals surface area contributed by atoms with Crippen LogP contribution in [0, 0.1) is 17.8 Å². The van der Waals surface area contributed by atoms with Crippen molar-refractivity contribution in [3.05, 3.63) is 24.4 Å². The molecule has 0 saturated heterocycles. The molecule has 0 radical (unpaired) electrons. The van der Waals surface area contributed by atoms with Gasteiger partial charge in [-0.3, -0.25) is 10.1 Å². The van der Waals surface area contributed by atoms with Gasteiger partial charge in [-0.25, -0.2) is 9.78 Å². The summed E-state index contributed by atoms with van der Waals surface area (Å²) in [6.45, 7) is 2.05.